The van der Waals surface area contributed by atoms with E-state index in [1.165, 1.54) is 0 Å². The van der Waals surface area contributed by atoms with Crippen molar-refractivity contribution in [2.45, 2.75) is 52.6 Å². The van der Waals surface area contributed by atoms with E-state index in [9.17, 15) is 18.0 Å². The third-order valence-electron chi connectivity index (χ3n) is 6.03. The van der Waals surface area contributed by atoms with Gasteiger partial charge in [-0.25, -0.2) is 13.2 Å². The van der Waals surface area contributed by atoms with Crippen LogP contribution < -0.4 is 0 Å². The van der Waals surface area contributed by atoms with Crippen molar-refractivity contribution < 1.29 is 22.7 Å². The summed E-state index contributed by atoms with van der Waals surface area (Å²) >= 11 is 0. The Morgan fingerprint density at radius 1 is 1.19 bits per heavy atom. The maximum atomic E-state index is 12.8. The van der Waals surface area contributed by atoms with Crippen molar-refractivity contribution in [3.05, 3.63) is 58.9 Å². The minimum Gasteiger partial charge on any atom is -0.452 e. The van der Waals surface area contributed by atoms with Crippen LogP contribution in [0.25, 0.3) is 0 Å². The molecule has 0 radical (unpaired) electrons. The van der Waals surface area contributed by atoms with Gasteiger partial charge in [0.1, 0.15) is 0 Å². The first-order chi connectivity index (χ1) is 15.2. The Balaban J connectivity index is 1.66. The normalized spacial score (nSPS) is 17.3. The van der Waals surface area contributed by atoms with Crippen molar-refractivity contribution >= 4 is 21.7 Å². The first kappa shape index (κ1) is 24.0. The highest BCUT2D eigenvalue weighted by Gasteiger charge is 2.34. The number of sulfone groups is 1. The highest BCUT2D eigenvalue weighted by molar-refractivity contribution is 7.91. The molecule has 1 aliphatic heterocycles. The van der Waals surface area contributed by atoms with Gasteiger partial charge in [-0.3, -0.25) is 4.79 Å². The minimum atomic E-state index is -3.11. The number of aromatic nitrogens is 1. The molecule has 174 valence electrons. The molecule has 1 saturated heterocycles. The molecule has 8 heteroatoms. The van der Waals surface area contributed by atoms with E-state index in [4.69, 9.17) is 4.74 Å². The Morgan fingerprint density at radius 2 is 1.91 bits per heavy atom. The molecule has 1 atom stereocenters. The van der Waals surface area contributed by atoms with Crippen molar-refractivity contribution in [1.82, 2.24) is 9.47 Å². The summed E-state index contributed by atoms with van der Waals surface area (Å²) in [5.41, 5.74) is 3.29. The van der Waals surface area contributed by atoms with E-state index in [-0.39, 0.29) is 30.1 Å². The number of hydrogen-bond donors (Lipinski definition) is 0. The molecule has 0 unspecified atom stereocenters. The zero-order valence-corrected chi connectivity index (χ0v) is 19.9. The molecule has 1 amide bonds. The van der Waals surface area contributed by atoms with Crippen molar-refractivity contribution in [3.8, 4) is 0 Å². The van der Waals surface area contributed by atoms with Crippen molar-refractivity contribution in [2.75, 3.05) is 24.7 Å². The Labute approximate surface area is 190 Å². The van der Waals surface area contributed by atoms with E-state index in [1.807, 2.05) is 55.7 Å². The number of unbranched alkanes of at least 4 members (excludes halogenated alkanes) is 1. The van der Waals surface area contributed by atoms with E-state index in [0.717, 1.165) is 29.8 Å². The predicted octanol–water partition coefficient (Wildman–Crippen LogP) is 3.13. The number of benzene rings is 1. The molecule has 32 heavy (non-hydrogen) atoms. The second-order valence-corrected chi connectivity index (χ2v) is 10.7. The number of carbonyl (C=O) groups is 2. The van der Waals surface area contributed by atoms with Gasteiger partial charge in [-0.2, -0.15) is 0 Å². The molecule has 1 fully saturated rings. The van der Waals surface area contributed by atoms with Gasteiger partial charge in [0.25, 0.3) is 5.91 Å². The summed E-state index contributed by atoms with van der Waals surface area (Å²) in [6.07, 6.45) is 2.10. The van der Waals surface area contributed by atoms with Crippen LogP contribution in [0.1, 0.15) is 53.5 Å². The standard InChI is InChI=1S/C24H32N2O5S/c1-4-5-12-25(21-11-13-32(29,30)17-21)23(27)16-31-24(28)22-14-18(2)26(19(22)3)15-20-9-7-6-8-10-20/h6-10,14,21H,4-5,11-13,15-17H2,1-3H3/t21-/m1/s1. The molecule has 7 nitrogen and oxygen atoms in total. The van der Waals surface area contributed by atoms with Gasteiger partial charge < -0.3 is 14.2 Å². The summed E-state index contributed by atoms with van der Waals surface area (Å²) in [5, 5.41) is 0. The average Bonchev–Trinajstić information content (AvgIpc) is 3.26. The van der Waals surface area contributed by atoms with Gasteiger partial charge in [-0.1, -0.05) is 43.7 Å². The summed E-state index contributed by atoms with van der Waals surface area (Å²) in [4.78, 5) is 27.2. The molecule has 2 aromatic rings. The van der Waals surface area contributed by atoms with Gasteiger partial charge in [0.05, 0.1) is 17.1 Å². The van der Waals surface area contributed by atoms with E-state index < -0.39 is 15.8 Å². The van der Waals surface area contributed by atoms with Gasteiger partial charge in [-0.05, 0) is 38.3 Å². The van der Waals surface area contributed by atoms with Crippen LogP contribution in [-0.2, 0) is 25.9 Å². The van der Waals surface area contributed by atoms with Crippen LogP contribution >= 0.6 is 0 Å². The maximum absolute atomic E-state index is 12.8. The highest BCUT2D eigenvalue weighted by Crippen LogP contribution is 2.20. The summed E-state index contributed by atoms with van der Waals surface area (Å²) in [6, 6.07) is 11.4. The van der Waals surface area contributed by atoms with Gasteiger partial charge in [0, 0.05) is 30.5 Å². The van der Waals surface area contributed by atoms with Crippen molar-refractivity contribution in [3.63, 3.8) is 0 Å². The van der Waals surface area contributed by atoms with E-state index in [1.54, 1.807) is 11.0 Å². The van der Waals surface area contributed by atoms with Crippen LogP contribution in [0.15, 0.2) is 36.4 Å². The molecule has 2 heterocycles. The van der Waals surface area contributed by atoms with Crippen LogP contribution in [0.2, 0.25) is 0 Å². The molecule has 0 spiro atoms. The van der Waals surface area contributed by atoms with E-state index >= 15 is 0 Å². The lowest BCUT2D eigenvalue weighted by atomic mass is 10.2. The monoisotopic (exact) mass is 460 g/mol. The molecule has 1 aromatic heterocycles. The maximum Gasteiger partial charge on any atom is 0.340 e. The van der Waals surface area contributed by atoms with Crippen LogP contribution in [-0.4, -0.2) is 60.5 Å². The van der Waals surface area contributed by atoms with E-state index in [2.05, 4.69) is 0 Å². The zero-order chi connectivity index (χ0) is 23.3. The Morgan fingerprint density at radius 3 is 2.53 bits per heavy atom. The molecule has 0 N–H and O–H groups in total. The van der Waals surface area contributed by atoms with E-state index in [0.29, 0.717) is 25.1 Å². The van der Waals surface area contributed by atoms with Gasteiger partial charge >= 0.3 is 5.97 Å². The summed E-state index contributed by atoms with van der Waals surface area (Å²) < 4.78 is 31.2. The number of nitrogens with zero attached hydrogens (tertiary/aromatic N) is 2. The van der Waals surface area contributed by atoms with Gasteiger partial charge in [0.2, 0.25) is 0 Å². The number of carbonyl (C=O) groups excluding carboxylic acids is 2. The zero-order valence-electron chi connectivity index (χ0n) is 19.0. The number of aryl methyl sites for hydroxylation is 1. The molecule has 1 aliphatic rings. The molecule has 0 saturated carbocycles. The second kappa shape index (κ2) is 10.3. The van der Waals surface area contributed by atoms with Gasteiger partial charge in [-0.15, -0.1) is 0 Å². The third kappa shape index (κ3) is 5.79. The average molecular weight is 461 g/mol. The number of amides is 1. The van der Waals surface area contributed by atoms with Crippen LogP contribution in [0, 0.1) is 13.8 Å². The number of esters is 1. The molecule has 1 aromatic carbocycles. The Kier molecular flexibility index (Phi) is 7.77. The van der Waals surface area contributed by atoms with Crippen LogP contribution in [0.4, 0.5) is 0 Å². The molecule has 0 bridgehead atoms. The smallest absolute Gasteiger partial charge is 0.340 e. The quantitative estimate of drug-likeness (QED) is 0.537. The molecular weight excluding hydrogens is 428 g/mol. The Hall–Kier alpha value is -2.61. The lowest BCUT2D eigenvalue weighted by Crippen LogP contribution is -2.43. The lowest BCUT2D eigenvalue weighted by Gasteiger charge is -2.28. The topological polar surface area (TPSA) is 85.7 Å². The number of ether oxygens (including phenoxy) is 1. The fourth-order valence-corrected chi connectivity index (χ4v) is 5.90. The fraction of sp³-hybridized carbons (Fsp3) is 0.500. The number of hydrogen-bond acceptors (Lipinski definition) is 5. The largest absolute Gasteiger partial charge is 0.452 e. The Bertz CT molecular complexity index is 1060. The third-order valence-corrected chi connectivity index (χ3v) is 7.78. The molecule has 0 aliphatic carbocycles. The summed E-state index contributed by atoms with van der Waals surface area (Å²) in [6.45, 7) is 6.54. The first-order valence-corrected chi connectivity index (χ1v) is 12.9. The minimum absolute atomic E-state index is 0.0168. The van der Waals surface area contributed by atoms with Crippen LogP contribution in [0.5, 0.6) is 0 Å². The molecule has 3 rings (SSSR count). The molecular formula is C24H32N2O5S. The van der Waals surface area contributed by atoms with Crippen molar-refractivity contribution in [1.29, 1.82) is 0 Å². The fourth-order valence-electron chi connectivity index (χ4n) is 4.17. The SMILES string of the molecule is CCCCN(C(=O)COC(=O)c1cc(C)n(Cc2ccccc2)c1C)[C@@H]1CCS(=O)(=O)C1. The summed E-state index contributed by atoms with van der Waals surface area (Å²) in [7, 11) is -3.11. The summed E-state index contributed by atoms with van der Waals surface area (Å²) in [5.74, 6) is -0.801. The second-order valence-electron chi connectivity index (χ2n) is 8.43. The highest BCUT2D eigenvalue weighted by atomic mass is 32.2. The predicted molar refractivity (Wildman–Crippen MR) is 123 cm³/mol. The van der Waals surface area contributed by atoms with Crippen molar-refractivity contribution in [2.24, 2.45) is 0 Å². The van der Waals surface area contributed by atoms with Crippen LogP contribution in [0.3, 0.4) is 0 Å². The first-order valence-electron chi connectivity index (χ1n) is 11.1. The lowest BCUT2D eigenvalue weighted by molar-refractivity contribution is -0.136. The van der Waals surface area contributed by atoms with Gasteiger partial charge in [0.15, 0.2) is 16.4 Å². The number of rotatable bonds is 9.